The van der Waals surface area contributed by atoms with Crippen LogP contribution in [0.15, 0.2) is 54.6 Å². The van der Waals surface area contributed by atoms with Crippen LogP contribution in [0.3, 0.4) is 0 Å². The van der Waals surface area contributed by atoms with Crippen molar-refractivity contribution in [2.45, 2.75) is 37.8 Å². The lowest BCUT2D eigenvalue weighted by Gasteiger charge is -2.38. The van der Waals surface area contributed by atoms with Gasteiger partial charge in [-0.15, -0.1) is 0 Å². The summed E-state index contributed by atoms with van der Waals surface area (Å²) in [7, 11) is 1.74. The molecule has 0 unspecified atom stereocenters. The van der Waals surface area contributed by atoms with Gasteiger partial charge in [-0.1, -0.05) is 48.5 Å². The molecule has 0 bridgehead atoms. The fourth-order valence-corrected chi connectivity index (χ4v) is 3.22. The van der Waals surface area contributed by atoms with E-state index in [0.29, 0.717) is 18.0 Å². The van der Waals surface area contributed by atoms with Crippen molar-refractivity contribution >= 4 is 0 Å². The highest BCUT2D eigenvalue weighted by Crippen LogP contribution is 2.38. The van der Waals surface area contributed by atoms with Crippen LogP contribution >= 0.6 is 0 Å². The molecule has 1 aliphatic rings. The maximum atomic E-state index is 5.45. The largest absolute Gasteiger partial charge is 0.496 e. The first-order valence-electron chi connectivity index (χ1n) is 7.72. The van der Waals surface area contributed by atoms with E-state index in [1.165, 1.54) is 24.0 Å². The molecule has 0 heterocycles. The highest BCUT2D eigenvalue weighted by Gasteiger charge is 2.31. The number of para-hydroxylation sites is 1. The van der Waals surface area contributed by atoms with E-state index >= 15 is 0 Å². The summed E-state index contributed by atoms with van der Waals surface area (Å²) in [5.74, 6) is 1.69. The molecule has 0 spiro atoms. The lowest BCUT2D eigenvalue weighted by molar-refractivity contribution is 0.268. The van der Waals surface area contributed by atoms with Crippen molar-refractivity contribution in [2.75, 3.05) is 7.11 Å². The Hall–Kier alpha value is -1.80. The van der Waals surface area contributed by atoms with Gasteiger partial charge in [-0.2, -0.15) is 0 Å². The van der Waals surface area contributed by atoms with Gasteiger partial charge in [-0.25, -0.2) is 0 Å². The smallest absolute Gasteiger partial charge is 0.123 e. The van der Waals surface area contributed by atoms with E-state index in [2.05, 4.69) is 54.7 Å². The van der Waals surface area contributed by atoms with Gasteiger partial charge in [0.25, 0.3) is 0 Å². The molecule has 3 rings (SSSR count). The summed E-state index contributed by atoms with van der Waals surface area (Å²) < 4.78 is 5.45. The number of nitrogens with one attached hydrogen (secondary N) is 1. The van der Waals surface area contributed by atoms with Crippen molar-refractivity contribution in [1.82, 2.24) is 5.32 Å². The summed E-state index contributed by atoms with van der Waals surface area (Å²) in [4.78, 5) is 0. The van der Waals surface area contributed by atoms with Crippen LogP contribution in [0.2, 0.25) is 0 Å². The summed E-state index contributed by atoms with van der Waals surface area (Å²) >= 11 is 0. The van der Waals surface area contributed by atoms with E-state index < -0.39 is 0 Å². The summed E-state index contributed by atoms with van der Waals surface area (Å²) in [6.45, 7) is 2.22. The van der Waals surface area contributed by atoms with Crippen LogP contribution in [0, 0.1) is 0 Å². The van der Waals surface area contributed by atoms with E-state index in [0.717, 1.165) is 5.75 Å². The van der Waals surface area contributed by atoms with Crippen molar-refractivity contribution in [1.29, 1.82) is 0 Å². The Kier molecular flexibility index (Phi) is 4.26. The highest BCUT2D eigenvalue weighted by molar-refractivity contribution is 5.35. The molecule has 2 heteroatoms. The molecule has 0 amide bonds. The molecular weight excluding hydrogens is 258 g/mol. The van der Waals surface area contributed by atoms with Gasteiger partial charge in [-0.05, 0) is 37.3 Å². The summed E-state index contributed by atoms with van der Waals surface area (Å²) in [5.41, 5.74) is 2.71. The third kappa shape index (κ3) is 3.11. The Morgan fingerprint density at radius 1 is 1.00 bits per heavy atom. The molecule has 0 saturated heterocycles. The van der Waals surface area contributed by atoms with Crippen LogP contribution in [0.5, 0.6) is 5.75 Å². The molecular formula is C19H23NO. The third-order valence-corrected chi connectivity index (χ3v) is 4.50. The van der Waals surface area contributed by atoms with Crippen molar-refractivity contribution in [3.63, 3.8) is 0 Å². The number of methoxy groups -OCH3 is 1. The van der Waals surface area contributed by atoms with Crippen LogP contribution in [-0.4, -0.2) is 13.2 Å². The van der Waals surface area contributed by atoms with Gasteiger partial charge in [0.2, 0.25) is 0 Å². The first kappa shape index (κ1) is 14.2. The van der Waals surface area contributed by atoms with Gasteiger partial charge < -0.3 is 10.1 Å². The fraction of sp³-hybridized carbons (Fsp3) is 0.368. The second kappa shape index (κ2) is 6.31. The van der Waals surface area contributed by atoms with Crippen molar-refractivity contribution in [3.05, 3.63) is 65.7 Å². The number of ether oxygens (including phenoxy) is 1. The molecule has 0 aromatic heterocycles. The number of hydrogen-bond acceptors (Lipinski definition) is 2. The average molecular weight is 281 g/mol. The van der Waals surface area contributed by atoms with Crippen LogP contribution in [0.25, 0.3) is 0 Å². The average Bonchev–Trinajstić information content (AvgIpc) is 2.51. The maximum absolute atomic E-state index is 5.45. The first-order valence-corrected chi connectivity index (χ1v) is 7.72. The first-order chi connectivity index (χ1) is 10.3. The second-order valence-corrected chi connectivity index (χ2v) is 5.91. The predicted molar refractivity (Wildman–Crippen MR) is 86.7 cm³/mol. The summed E-state index contributed by atoms with van der Waals surface area (Å²) in [6, 6.07) is 20.0. The Morgan fingerprint density at radius 2 is 1.67 bits per heavy atom. The van der Waals surface area contributed by atoms with Gasteiger partial charge in [-0.3, -0.25) is 0 Å². The molecule has 2 nitrogen and oxygen atoms in total. The molecule has 2 aromatic carbocycles. The van der Waals surface area contributed by atoms with E-state index in [1.54, 1.807) is 7.11 Å². The lowest BCUT2D eigenvalue weighted by atomic mass is 9.75. The van der Waals surface area contributed by atoms with Gasteiger partial charge >= 0.3 is 0 Å². The van der Waals surface area contributed by atoms with Crippen LogP contribution in [0.4, 0.5) is 0 Å². The minimum Gasteiger partial charge on any atom is -0.496 e. The molecule has 1 N–H and O–H groups in total. The van der Waals surface area contributed by atoms with Crippen molar-refractivity contribution in [2.24, 2.45) is 0 Å². The van der Waals surface area contributed by atoms with Crippen LogP contribution in [-0.2, 0) is 0 Å². The SMILES string of the molecule is COc1ccccc1[C@@H](C)NC1CC(c2ccccc2)C1. The van der Waals surface area contributed by atoms with Crippen LogP contribution in [0.1, 0.15) is 42.9 Å². The topological polar surface area (TPSA) is 21.3 Å². The van der Waals surface area contributed by atoms with E-state index in [-0.39, 0.29) is 0 Å². The monoisotopic (exact) mass is 281 g/mol. The Morgan fingerprint density at radius 3 is 2.38 bits per heavy atom. The van der Waals surface area contributed by atoms with Crippen molar-refractivity contribution < 1.29 is 4.74 Å². The summed E-state index contributed by atoms with van der Waals surface area (Å²) in [6.07, 6.45) is 2.45. The zero-order valence-corrected chi connectivity index (χ0v) is 12.8. The molecule has 110 valence electrons. The Labute approximate surface area is 127 Å². The number of hydrogen-bond donors (Lipinski definition) is 1. The zero-order chi connectivity index (χ0) is 14.7. The predicted octanol–water partition coefficient (Wildman–Crippen LogP) is 4.29. The minimum atomic E-state index is 0.322. The van der Waals surface area contributed by atoms with Gasteiger partial charge in [0.05, 0.1) is 7.11 Å². The normalized spacial score (nSPS) is 22.4. The molecule has 0 aliphatic heterocycles. The zero-order valence-electron chi connectivity index (χ0n) is 12.8. The van der Waals surface area contributed by atoms with E-state index in [4.69, 9.17) is 4.74 Å². The standard InChI is InChI=1S/C19H23NO/c1-14(18-10-6-7-11-19(18)21-2)20-17-12-16(13-17)15-8-4-3-5-9-15/h3-11,14,16-17,20H,12-13H2,1-2H3/t14-,16?,17?/m1/s1. The van der Waals surface area contributed by atoms with Gasteiger partial charge in [0.15, 0.2) is 0 Å². The quantitative estimate of drug-likeness (QED) is 0.882. The Balaban J connectivity index is 1.57. The lowest BCUT2D eigenvalue weighted by Crippen LogP contribution is -2.41. The molecule has 1 fully saturated rings. The maximum Gasteiger partial charge on any atom is 0.123 e. The van der Waals surface area contributed by atoms with E-state index in [9.17, 15) is 0 Å². The van der Waals surface area contributed by atoms with Gasteiger partial charge in [0.1, 0.15) is 5.75 Å². The Bertz CT molecular complexity index is 575. The molecule has 1 saturated carbocycles. The fourth-order valence-electron chi connectivity index (χ4n) is 3.22. The van der Waals surface area contributed by atoms with Crippen molar-refractivity contribution in [3.8, 4) is 5.75 Å². The second-order valence-electron chi connectivity index (χ2n) is 5.91. The molecule has 21 heavy (non-hydrogen) atoms. The molecule has 1 atom stereocenters. The molecule has 2 aromatic rings. The van der Waals surface area contributed by atoms with Gasteiger partial charge in [0, 0.05) is 17.6 Å². The number of benzene rings is 2. The minimum absolute atomic E-state index is 0.322. The number of rotatable bonds is 5. The third-order valence-electron chi connectivity index (χ3n) is 4.50. The molecule has 0 radical (unpaired) electrons. The molecule has 1 aliphatic carbocycles. The summed E-state index contributed by atoms with van der Waals surface area (Å²) in [5, 5.41) is 3.73. The van der Waals surface area contributed by atoms with Crippen LogP contribution < -0.4 is 10.1 Å². The van der Waals surface area contributed by atoms with E-state index in [1.807, 2.05) is 12.1 Å². The highest BCUT2D eigenvalue weighted by atomic mass is 16.5.